The fourth-order valence-corrected chi connectivity index (χ4v) is 2.76. The first-order valence-corrected chi connectivity index (χ1v) is 8.81. The maximum atomic E-state index is 12.2. The van der Waals surface area contributed by atoms with Crippen molar-refractivity contribution in [2.45, 2.75) is 25.9 Å². The molecule has 2 N–H and O–H groups in total. The number of aliphatic hydroxyl groups is 1. The molecular weight excluding hydrogens is 380 g/mol. The average molecular weight is 402 g/mol. The van der Waals surface area contributed by atoms with Gasteiger partial charge in [0.15, 0.2) is 17.3 Å². The summed E-state index contributed by atoms with van der Waals surface area (Å²) in [5.74, 6) is 0.769. The first-order chi connectivity index (χ1) is 13.9. The second kappa shape index (κ2) is 10.2. The quantitative estimate of drug-likeness (QED) is 0.483. The highest BCUT2D eigenvalue weighted by molar-refractivity contribution is 5.71. The largest absolute Gasteiger partial charge is 0.502 e. The number of rotatable bonds is 9. The Morgan fingerprint density at radius 2 is 2.07 bits per heavy atom. The molecule has 0 saturated heterocycles. The standard InChI is InChI=1S/C21H22O8/c1-4-8-28-18-9-13(6-7-17(18)26-3)15(11-19(24)27-5-2)21-20(25)16(23)10-14(12-22)29-21/h1,6-7,9-10,15,22,25H,5,8,11-12H2,2-3H3/t15-/m1/s1. The van der Waals surface area contributed by atoms with Crippen LogP contribution < -0.4 is 14.9 Å². The fraction of sp³-hybridized carbons (Fsp3) is 0.333. The summed E-state index contributed by atoms with van der Waals surface area (Å²) >= 11 is 0. The highest BCUT2D eigenvalue weighted by atomic mass is 16.5. The number of esters is 1. The predicted octanol–water partition coefficient (Wildman–Crippen LogP) is 1.94. The second-order valence-corrected chi connectivity index (χ2v) is 5.91. The van der Waals surface area contributed by atoms with Crippen molar-refractivity contribution in [3.8, 4) is 29.6 Å². The van der Waals surface area contributed by atoms with Crippen LogP contribution in [-0.2, 0) is 16.1 Å². The van der Waals surface area contributed by atoms with Crippen LogP contribution in [0.2, 0.25) is 0 Å². The van der Waals surface area contributed by atoms with Gasteiger partial charge in [0.2, 0.25) is 11.2 Å². The van der Waals surface area contributed by atoms with Crippen LogP contribution in [0.3, 0.4) is 0 Å². The lowest BCUT2D eigenvalue weighted by atomic mass is 9.91. The minimum Gasteiger partial charge on any atom is -0.502 e. The third-order valence-corrected chi connectivity index (χ3v) is 4.05. The SMILES string of the molecule is C#CCOc1cc([C@@H](CC(=O)OCC)c2oc(CO)cc(=O)c2O)ccc1OC. The van der Waals surface area contributed by atoms with E-state index in [2.05, 4.69) is 5.92 Å². The molecule has 0 saturated carbocycles. The zero-order valence-electron chi connectivity index (χ0n) is 16.1. The molecule has 0 aliphatic carbocycles. The van der Waals surface area contributed by atoms with E-state index in [9.17, 15) is 19.8 Å². The van der Waals surface area contributed by atoms with Crippen LogP contribution in [0.4, 0.5) is 0 Å². The van der Waals surface area contributed by atoms with E-state index < -0.39 is 29.7 Å². The molecule has 0 amide bonds. The van der Waals surface area contributed by atoms with Gasteiger partial charge in [0.1, 0.15) is 19.0 Å². The number of aromatic hydroxyl groups is 1. The number of methoxy groups -OCH3 is 1. The predicted molar refractivity (Wildman–Crippen MR) is 103 cm³/mol. The number of hydrogen-bond acceptors (Lipinski definition) is 8. The number of carbonyl (C=O) groups excluding carboxylic acids is 1. The molecule has 0 bridgehead atoms. The van der Waals surface area contributed by atoms with Crippen LogP contribution in [0.1, 0.15) is 36.3 Å². The van der Waals surface area contributed by atoms with Crippen LogP contribution >= 0.6 is 0 Å². The highest BCUT2D eigenvalue weighted by Crippen LogP contribution is 2.37. The summed E-state index contributed by atoms with van der Waals surface area (Å²) < 4.78 is 21.2. The zero-order chi connectivity index (χ0) is 21.4. The van der Waals surface area contributed by atoms with Gasteiger partial charge in [0, 0.05) is 6.07 Å². The van der Waals surface area contributed by atoms with Crippen molar-refractivity contribution in [2.75, 3.05) is 20.3 Å². The average Bonchev–Trinajstić information content (AvgIpc) is 2.72. The topological polar surface area (TPSA) is 115 Å². The number of carbonyl (C=O) groups is 1. The van der Waals surface area contributed by atoms with Gasteiger partial charge in [0.25, 0.3) is 0 Å². The van der Waals surface area contributed by atoms with E-state index in [0.717, 1.165) is 6.07 Å². The number of benzene rings is 1. The molecule has 0 fully saturated rings. The molecule has 8 heteroatoms. The molecule has 2 rings (SSSR count). The Bertz CT molecular complexity index is 954. The second-order valence-electron chi connectivity index (χ2n) is 5.91. The summed E-state index contributed by atoms with van der Waals surface area (Å²) in [6.45, 7) is 1.27. The molecule has 2 aromatic rings. The summed E-state index contributed by atoms with van der Waals surface area (Å²) in [5.41, 5.74) is -0.249. The number of hydrogen-bond donors (Lipinski definition) is 2. The van der Waals surface area contributed by atoms with Gasteiger partial charge in [-0.3, -0.25) is 9.59 Å². The minimum absolute atomic E-state index is 0.0112. The first-order valence-electron chi connectivity index (χ1n) is 8.81. The van der Waals surface area contributed by atoms with Crippen LogP contribution in [-0.4, -0.2) is 36.5 Å². The van der Waals surface area contributed by atoms with Crippen LogP contribution in [0.15, 0.2) is 33.5 Å². The van der Waals surface area contributed by atoms with Gasteiger partial charge in [-0.2, -0.15) is 0 Å². The molecule has 0 spiro atoms. The molecule has 1 heterocycles. The van der Waals surface area contributed by atoms with E-state index in [0.29, 0.717) is 17.1 Å². The molecule has 0 radical (unpaired) electrons. The highest BCUT2D eigenvalue weighted by Gasteiger charge is 2.27. The van der Waals surface area contributed by atoms with Crippen molar-refractivity contribution in [2.24, 2.45) is 0 Å². The maximum absolute atomic E-state index is 12.2. The summed E-state index contributed by atoms with van der Waals surface area (Å²) in [6, 6.07) is 5.79. The lowest BCUT2D eigenvalue weighted by Crippen LogP contribution is -2.15. The Morgan fingerprint density at radius 3 is 2.69 bits per heavy atom. The van der Waals surface area contributed by atoms with Gasteiger partial charge < -0.3 is 28.8 Å². The molecule has 154 valence electrons. The van der Waals surface area contributed by atoms with E-state index in [-0.39, 0.29) is 31.2 Å². The van der Waals surface area contributed by atoms with E-state index in [1.54, 1.807) is 25.1 Å². The molecule has 1 atom stereocenters. The van der Waals surface area contributed by atoms with E-state index in [4.69, 9.17) is 25.1 Å². The molecular formula is C21H22O8. The zero-order valence-corrected chi connectivity index (χ0v) is 16.1. The number of terminal acetylenes is 1. The van der Waals surface area contributed by atoms with Crippen LogP contribution in [0, 0.1) is 12.3 Å². The van der Waals surface area contributed by atoms with E-state index in [1.165, 1.54) is 7.11 Å². The van der Waals surface area contributed by atoms with Crippen molar-refractivity contribution in [3.05, 3.63) is 51.6 Å². The van der Waals surface area contributed by atoms with Crippen molar-refractivity contribution < 1.29 is 33.6 Å². The van der Waals surface area contributed by atoms with Crippen LogP contribution in [0.5, 0.6) is 17.2 Å². The molecule has 1 aromatic heterocycles. The molecule has 0 aliphatic heterocycles. The fourth-order valence-electron chi connectivity index (χ4n) is 2.76. The van der Waals surface area contributed by atoms with E-state index in [1.807, 2.05) is 0 Å². The third-order valence-electron chi connectivity index (χ3n) is 4.05. The van der Waals surface area contributed by atoms with Gasteiger partial charge >= 0.3 is 5.97 Å². The first kappa shape index (κ1) is 21.9. The number of aliphatic hydroxyl groups excluding tert-OH is 1. The molecule has 1 aromatic carbocycles. The molecule has 0 unspecified atom stereocenters. The van der Waals surface area contributed by atoms with Crippen molar-refractivity contribution in [1.82, 2.24) is 0 Å². The Labute approximate surface area is 167 Å². The van der Waals surface area contributed by atoms with Gasteiger partial charge in [-0.05, 0) is 24.6 Å². The third kappa shape index (κ3) is 5.30. The summed E-state index contributed by atoms with van der Waals surface area (Å²) in [7, 11) is 1.46. The smallest absolute Gasteiger partial charge is 0.306 e. The molecule has 29 heavy (non-hydrogen) atoms. The monoisotopic (exact) mass is 402 g/mol. The normalized spacial score (nSPS) is 11.4. The van der Waals surface area contributed by atoms with Gasteiger partial charge in [-0.1, -0.05) is 12.0 Å². The lowest BCUT2D eigenvalue weighted by molar-refractivity contribution is -0.143. The van der Waals surface area contributed by atoms with E-state index >= 15 is 0 Å². The Balaban J connectivity index is 2.61. The van der Waals surface area contributed by atoms with Crippen molar-refractivity contribution in [1.29, 1.82) is 0 Å². The molecule has 0 aliphatic rings. The Morgan fingerprint density at radius 1 is 1.31 bits per heavy atom. The van der Waals surface area contributed by atoms with Crippen molar-refractivity contribution in [3.63, 3.8) is 0 Å². The van der Waals surface area contributed by atoms with Gasteiger partial charge in [0.05, 0.1) is 26.1 Å². The van der Waals surface area contributed by atoms with Crippen molar-refractivity contribution >= 4 is 5.97 Å². The summed E-state index contributed by atoms with van der Waals surface area (Å²) in [6.07, 6.45) is 5.02. The minimum atomic E-state index is -0.882. The lowest BCUT2D eigenvalue weighted by Gasteiger charge is -2.19. The summed E-state index contributed by atoms with van der Waals surface area (Å²) in [4.78, 5) is 24.2. The van der Waals surface area contributed by atoms with Gasteiger partial charge in [-0.15, -0.1) is 6.42 Å². The Kier molecular flexibility index (Phi) is 7.69. The maximum Gasteiger partial charge on any atom is 0.306 e. The molecule has 8 nitrogen and oxygen atoms in total. The number of ether oxygens (including phenoxy) is 3. The Hall–Kier alpha value is -3.44. The van der Waals surface area contributed by atoms with Gasteiger partial charge in [-0.25, -0.2) is 0 Å². The van der Waals surface area contributed by atoms with Crippen LogP contribution in [0.25, 0.3) is 0 Å². The summed E-state index contributed by atoms with van der Waals surface area (Å²) in [5, 5.41) is 19.6.